The number of fused-ring (bicyclic) bond motifs is 1. The molecule has 2 aliphatic rings. The molecule has 0 saturated carbocycles. The zero-order valence-corrected chi connectivity index (χ0v) is 14.1. The molecule has 2 rings (SSSR count). The van der Waals surface area contributed by atoms with Crippen molar-refractivity contribution in [3.63, 3.8) is 0 Å². The van der Waals surface area contributed by atoms with E-state index in [1.807, 2.05) is 0 Å². The van der Waals surface area contributed by atoms with E-state index in [4.69, 9.17) is 14.2 Å². The van der Waals surface area contributed by atoms with Crippen LogP contribution >= 0.6 is 15.9 Å². The average Bonchev–Trinajstić information content (AvgIpc) is 2.22. The van der Waals surface area contributed by atoms with Crippen LogP contribution in [-0.4, -0.2) is 39.8 Å². The standard InChI is InChI=1S/C13H23BrO3Si/c1-18(2,3)7-6-15-10-17-13-8-11(14)4-5-12(13)16-9-13/h8,12H,4-7,9-10H2,1-3H3/t12-,13-/m0/s1. The first kappa shape index (κ1) is 14.7. The molecule has 0 aromatic heterocycles. The van der Waals surface area contributed by atoms with Gasteiger partial charge in [-0.25, -0.2) is 0 Å². The van der Waals surface area contributed by atoms with E-state index >= 15 is 0 Å². The Morgan fingerprint density at radius 3 is 2.89 bits per heavy atom. The third-order valence-electron chi connectivity index (χ3n) is 3.51. The summed E-state index contributed by atoms with van der Waals surface area (Å²) < 4.78 is 18.3. The van der Waals surface area contributed by atoms with E-state index in [2.05, 4.69) is 41.6 Å². The predicted octanol–water partition coefficient (Wildman–Crippen LogP) is 3.53. The molecule has 0 amide bonds. The Hall–Kier alpha value is 0.317. The van der Waals surface area contributed by atoms with Gasteiger partial charge in [-0.2, -0.15) is 0 Å². The van der Waals surface area contributed by atoms with Crippen molar-refractivity contribution in [2.24, 2.45) is 0 Å². The molecule has 1 fully saturated rings. The zero-order valence-electron chi connectivity index (χ0n) is 11.5. The molecule has 0 aromatic carbocycles. The van der Waals surface area contributed by atoms with Gasteiger partial charge in [0.2, 0.25) is 0 Å². The lowest BCUT2D eigenvalue weighted by atomic mass is 9.84. The van der Waals surface area contributed by atoms with Gasteiger partial charge in [-0.05, 0) is 29.4 Å². The van der Waals surface area contributed by atoms with Gasteiger partial charge in [0.15, 0.2) is 0 Å². The van der Waals surface area contributed by atoms with Crippen LogP contribution in [0.3, 0.4) is 0 Å². The van der Waals surface area contributed by atoms with Crippen molar-refractivity contribution in [3.05, 3.63) is 10.6 Å². The smallest absolute Gasteiger partial charge is 0.148 e. The maximum atomic E-state index is 5.92. The molecule has 104 valence electrons. The summed E-state index contributed by atoms with van der Waals surface area (Å²) in [6.45, 7) is 8.90. The summed E-state index contributed by atoms with van der Waals surface area (Å²) in [7, 11) is -1.00. The second-order valence-corrected chi connectivity index (χ2v) is 13.0. The van der Waals surface area contributed by atoms with Gasteiger partial charge in [0.1, 0.15) is 12.4 Å². The minimum absolute atomic E-state index is 0.222. The molecule has 0 spiro atoms. The second kappa shape index (κ2) is 5.75. The molecular weight excluding hydrogens is 312 g/mol. The van der Waals surface area contributed by atoms with Crippen molar-refractivity contribution in [3.8, 4) is 0 Å². The fraction of sp³-hybridized carbons (Fsp3) is 0.846. The van der Waals surface area contributed by atoms with Crippen LogP contribution in [0, 0.1) is 0 Å². The molecule has 0 aromatic rings. The third-order valence-corrected chi connectivity index (χ3v) is 5.84. The first-order valence-corrected chi connectivity index (χ1v) is 11.1. The van der Waals surface area contributed by atoms with Crippen molar-refractivity contribution in [1.29, 1.82) is 0 Å². The van der Waals surface area contributed by atoms with Crippen LogP contribution < -0.4 is 0 Å². The van der Waals surface area contributed by atoms with E-state index in [0.717, 1.165) is 19.4 Å². The minimum atomic E-state index is -1.00. The summed E-state index contributed by atoms with van der Waals surface area (Å²) in [6.07, 6.45) is 4.46. The summed E-state index contributed by atoms with van der Waals surface area (Å²) in [4.78, 5) is 0. The van der Waals surface area contributed by atoms with Crippen LogP contribution in [-0.2, 0) is 14.2 Å². The van der Waals surface area contributed by atoms with Crippen LogP contribution in [0.2, 0.25) is 25.7 Å². The highest BCUT2D eigenvalue weighted by molar-refractivity contribution is 9.11. The van der Waals surface area contributed by atoms with Crippen LogP contribution in [0.25, 0.3) is 0 Å². The van der Waals surface area contributed by atoms with Gasteiger partial charge in [0.25, 0.3) is 0 Å². The second-order valence-electron chi connectivity index (χ2n) is 6.37. The minimum Gasteiger partial charge on any atom is -0.371 e. The molecule has 1 aliphatic carbocycles. The summed E-state index contributed by atoms with van der Waals surface area (Å²) in [5.41, 5.74) is -0.226. The Balaban J connectivity index is 1.72. The monoisotopic (exact) mass is 334 g/mol. The van der Waals surface area contributed by atoms with Gasteiger partial charge in [0.05, 0.1) is 12.7 Å². The highest BCUT2D eigenvalue weighted by Crippen LogP contribution is 2.41. The number of hydrogen-bond acceptors (Lipinski definition) is 3. The topological polar surface area (TPSA) is 27.7 Å². The third kappa shape index (κ3) is 3.67. The van der Waals surface area contributed by atoms with Gasteiger partial charge in [-0.15, -0.1) is 0 Å². The van der Waals surface area contributed by atoms with Crippen molar-refractivity contribution in [1.82, 2.24) is 0 Å². The quantitative estimate of drug-likeness (QED) is 0.422. The Kier molecular flexibility index (Phi) is 4.70. The maximum absolute atomic E-state index is 5.92. The van der Waals surface area contributed by atoms with E-state index in [-0.39, 0.29) is 11.7 Å². The number of rotatable bonds is 6. The Morgan fingerprint density at radius 1 is 1.50 bits per heavy atom. The van der Waals surface area contributed by atoms with Gasteiger partial charge in [-0.1, -0.05) is 35.6 Å². The SMILES string of the molecule is C[Si](C)(C)CCOCO[C@]12C=C(Br)CC[C@@H]1OC2. The van der Waals surface area contributed by atoms with Crippen molar-refractivity contribution in [2.45, 2.75) is 50.2 Å². The molecule has 0 bridgehead atoms. The molecule has 1 aliphatic heterocycles. The van der Waals surface area contributed by atoms with Crippen LogP contribution in [0.4, 0.5) is 0 Å². The summed E-state index contributed by atoms with van der Waals surface area (Å²) in [6, 6.07) is 1.18. The van der Waals surface area contributed by atoms with Crippen molar-refractivity contribution < 1.29 is 14.2 Å². The summed E-state index contributed by atoms with van der Waals surface area (Å²) >= 11 is 3.56. The molecule has 0 radical (unpaired) electrons. The molecular formula is C13H23BrO3Si. The summed E-state index contributed by atoms with van der Waals surface area (Å²) in [5.74, 6) is 0. The molecule has 0 unspecified atom stereocenters. The molecule has 1 saturated heterocycles. The average molecular weight is 335 g/mol. The van der Waals surface area contributed by atoms with Crippen LogP contribution in [0.1, 0.15) is 12.8 Å². The lowest BCUT2D eigenvalue weighted by molar-refractivity contribution is -0.267. The number of ether oxygens (including phenoxy) is 3. The lowest BCUT2D eigenvalue weighted by Crippen LogP contribution is -2.60. The van der Waals surface area contributed by atoms with Gasteiger partial charge in [0, 0.05) is 14.7 Å². The highest BCUT2D eigenvalue weighted by atomic mass is 79.9. The van der Waals surface area contributed by atoms with E-state index in [1.165, 1.54) is 10.5 Å². The van der Waals surface area contributed by atoms with E-state index in [0.29, 0.717) is 13.4 Å². The number of halogens is 1. The number of allylic oxidation sites excluding steroid dienone is 1. The number of hydrogen-bond donors (Lipinski definition) is 0. The fourth-order valence-electron chi connectivity index (χ4n) is 2.20. The Morgan fingerprint density at radius 2 is 2.28 bits per heavy atom. The molecule has 3 nitrogen and oxygen atoms in total. The molecule has 18 heavy (non-hydrogen) atoms. The highest BCUT2D eigenvalue weighted by Gasteiger charge is 2.50. The van der Waals surface area contributed by atoms with E-state index in [9.17, 15) is 0 Å². The molecule has 0 N–H and O–H groups in total. The lowest BCUT2D eigenvalue weighted by Gasteiger charge is -2.49. The van der Waals surface area contributed by atoms with Gasteiger partial charge in [-0.3, -0.25) is 0 Å². The Bertz CT molecular complexity index is 327. The van der Waals surface area contributed by atoms with E-state index in [1.54, 1.807) is 0 Å². The van der Waals surface area contributed by atoms with Crippen LogP contribution in [0.5, 0.6) is 0 Å². The van der Waals surface area contributed by atoms with Crippen LogP contribution in [0.15, 0.2) is 10.6 Å². The van der Waals surface area contributed by atoms with Crippen molar-refractivity contribution >= 4 is 24.0 Å². The maximum Gasteiger partial charge on any atom is 0.148 e. The fourth-order valence-corrected chi connectivity index (χ4v) is 3.57. The normalized spacial score (nSPS) is 31.6. The first-order chi connectivity index (χ1) is 8.41. The first-order valence-electron chi connectivity index (χ1n) is 6.62. The molecule has 5 heteroatoms. The molecule has 1 heterocycles. The molecule has 2 atom stereocenters. The van der Waals surface area contributed by atoms with Gasteiger partial charge < -0.3 is 14.2 Å². The zero-order chi connectivity index (χ0) is 13.2. The van der Waals surface area contributed by atoms with E-state index < -0.39 is 8.07 Å². The summed E-state index contributed by atoms with van der Waals surface area (Å²) in [5, 5.41) is 0. The van der Waals surface area contributed by atoms with Gasteiger partial charge >= 0.3 is 0 Å². The predicted molar refractivity (Wildman–Crippen MR) is 78.8 cm³/mol. The largest absolute Gasteiger partial charge is 0.371 e. The Labute approximate surface area is 119 Å². The van der Waals surface area contributed by atoms with Crippen molar-refractivity contribution in [2.75, 3.05) is 20.0 Å².